The van der Waals surface area contributed by atoms with Crippen molar-refractivity contribution in [1.82, 2.24) is 5.32 Å². The lowest BCUT2D eigenvalue weighted by atomic mass is 10.2. The minimum absolute atomic E-state index is 0.0971. The van der Waals surface area contributed by atoms with Gasteiger partial charge in [-0.3, -0.25) is 0 Å². The Hall–Kier alpha value is -1.60. The second-order valence-corrected chi connectivity index (χ2v) is 2.66. The van der Waals surface area contributed by atoms with Crippen molar-refractivity contribution in [3.8, 4) is 11.8 Å². The number of nitrogens with two attached hydrogens (primary N) is 1. The van der Waals surface area contributed by atoms with Crippen LogP contribution in [0.15, 0.2) is 12.1 Å². The monoisotopic (exact) mass is 196 g/mol. The maximum Gasteiger partial charge on any atom is 0.164 e. The van der Waals surface area contributed by atoms with Crippen molar-refractivity contribution in [3.05, 3.63) is 29.3 Å². The molecule has 0 aliphatic rings. The van der Waals surface area contributed by atoms with Gasteiger partial charge in [-0.1, -0.05) is 11.8 Å². The van der Waals surface area contributed by atoms with E-state index < -0.39 is 11.6 Å². The summed E-state index contributed by atoms with van der Waals surface area (Å²) >= 11 is 0. The Labute approximate surface area is 81.1 Å². The summed E-state index contributed by atoms with van der Waals surface area (Å²) in [6, 6.07) is 2.27. The predicted octanol–water partition coefficient (Wildman–Crippen LogP) is 1.12. The number of hydrogen-bond donors (Lipinski definition) is 2. The molecule has 0 amide bonds. The smallest absolute Gasteiger partial charge is 0.164 e. The number of nitrogens with one attached hydrogen (secondary N) is 1. The molecule has 0 atom stereocenters. The van der Waals surface area contributed by atoms with Crippen molar-refractivity contribution in [2.24, 2.45) is 0 Å². The Balaban J connectivity index is 3.08. The molecule has 0 saturated carbocycles. The molecule has 1 aromatic rings. The van der Waals surface area contributed by atoms with Crippen LogP contribution in [-0.4, -0.2) is 13.6 Å². The fourth-order valence-electron chi connectivity index (χ4n) is 0.904. The van der Waals surface area contributed by atoms with Crippen LogP contribution in [0.4, 0.5) is 14.5 Å². The zero-order chi connectivity index (χ0) is 10.6. The third kappa shape index (κ3) is 2.21. The second kappa shape index (κ2) is 4.58. The van der Waals surface area contributed by atoms with Crippen LogP contribution in [0.25, 0.3) is 0 Å². The molecule has 1 aromatic carbocycles. The topological polar surface area (TPSA) is 38.0 Å². The van der Waals surface area contributed by atoms with Gasteiger partial charge in [0, 0.05) is 0 Å². The minimum Gasteiger partial charge on any atom is -0.396 e. The van der Waals surface area contributed by atoms with E-state index in [1.54, 1.807) is 7.05 Å². The molecule has 0 aliphatic heterocycles. The molecule has 0 aromatic heterocycles. The highest BCUT2D eigenvalue weighted by molar-refractivity contribution is 5.49. The van der Waals surface area contributed by atoms with Gasteiger partial charge >= 0.3 is 0 Å². The molecule has 14 heavy (non-hydrogen) atoms. The van der Waals surface area contributed by atoms with Crippen LogP contribution in [0, 0.1) is 23.5 Å². The summed E-state index contributed by atoms with van der Waals surface area (Å²) in [6.07, 6.45) is 0. The summed E-state index contributed by atoms with van der Waals surface area (Å²) in [5.41, 5.74) is 4.89. The van der Waals surface area contributed by atoms with E-state index in [9.17, 15) is 8.78 Å². The number of hydrogen-bond acceptors (Lipinski definition) is 2. The second-order valence-electron chi connectivity index (χ2n) is 2.66. The van der Waals surface area contributed by atoms with Gasteiger partial charge in [0.05, 0.1) is 17.8 Å². The zero-order valence-corrected chi connectivity index (χ0v) is 7.70. The SMILES string of the molecule is CNCC#Cc1c(F)ccc(N)c1F. The van der Waals surface area contributed by atoms with Gasteiger partial charge in [-0.2, -0.15) is 0 Å². The first-order valence-electron chi connectivity index (χ1n) is 4.03. The summed E-state index contributed by atoms with van der Waals surface area (Å²) in [4.78, 5) is 0. The van der Waals surface area contributed by atoms with E-state index in [-0.39, 0.29) is 11.3 Å². The molecule has 2 nitrogen and oxygen atoms in total. The van der Waals surface area contributed by atoms with Crippen LogP contribution in [0.3, 0.4) is 0 Å². The standard InChI is InChI=1S/C10H10F2N2/c1-14-6-2-3-7-8(11)4-5-9(13)10(7)12/h4-5,14H,6,13H2,1H3. The van der Waals surface area contributed by atoms with Crippen LogP contribution in [0.1, 0.15) is 5.56 Å². The molecular weight excluding hydrogens is 186 g/mol. The fourth-order valence-corrected chi connectivity index (χ4v) is 0.904. The molecular formula is C10H10F2N2. The highest BCUT2D eigenvalue weighted by Crippen LogP contribution is 2.17. The van der Waals surface area contributed by atoms with Crippen molar-refractivity contribution in [1.29, 1.82) is 0 Å². The molecule has 0 unspecified atom stereocenters. The Bertz CT molecular complexity index is 391. The molecule has 0 fully saturated rings. The average molecular weight is 196 g/mol. The Morgan fingerprint density at radius 2 is 2.14 bits per heavy atom. The van der Waals surface area contributed by atoms with E-state index in [4.69, 9.17) is 5.73 Å². The van der Waals surface area contributed by atoms with Crippen LogP contribution in [-0.2, 0) is 0 Å². The van der Waals surface area contributed by atoms with Crippen LogP contribution in [0.2, 0.25) is 0 Å². The first-order valence-corrected chi connectivity index (χ1v) is 4.03. The van der Waals surface area contributed by atoms with Crippen molar-refractivity contribution >= 4 is 5.69 Å². The minimum atomic E-state index is -0.798. The summed E-state index contributed by atoms with van der Waals surface area (Å²) in [7, 11) is 1.70. The van der Waals surface area contributed by atoms with Crippen molar-refractivity contribution < 1.29 is 8.78 Å². The van der Waals surface area contributed by atoms with Gasteiger partial charge in [-0.15, -0.1) is 0 Å². The molecule has 4 heteroatoms. The molecule has 0 radical (unpaired) electrons. The molecule has 1 rings (SSSR count). The molecule has 0 spiro atoms. The van der Waals surface area contributed by atoms with E-state index in [0.29, 0.717) is 6.54 Å². The van der Waals surface area contributed by atoms with Crippen LogP contribution < -0.4 is 11.1 Å². The Morgan fingerprint density at radius 1 is 1.43 bits per heavy atom. The van der Waals surface area contributed by atoms with E-state index in [0.717, 1.165) is 6.07 Å². The van der Waals surface area contributed by atoms with Crippen LogP contribution >= 0.6 is 0 Å². The molecule has 0 heterocycles. The number of benzene rings is 1. The van der Waals surface area contributed by atoms with Gasteiger partial charge in [0.1, 0.15) is 5.82 Å². The zero-order valence-electron chi connectivity index (χ0n) is 7.70. The van der Waals surface area contributed by atoms with Gasteiger partial charge in [0.15, 0.2) is 5.82 Å². The predicted molar refractivity (Wildman–Crippen MR) is 51.6 cm³/mol. The third-order valence-electron chi connectivity index (χ3n) is 1.60. The fraction of sp³-hybridized carbons (Fsp3) is 0.200. The highest BCUT2D eigenvalue weighted by Gasteiger charge is 2.08. The van der Waals surface area contributed by atoms with E-state index >= 15 is 0 Å². The molecule has 3 N–H and O–H groups in total. The number of nitrogen functional groups attached to an aromatic ring is 1. The Kier molecular flexibility index (Phi) is 3.43. The highest BCUT2D eigenvalue weighted by atomic mass is 19.1. The maximum atomic E-state index is 13.2. The lowest BCUT2D eigenvalue weighted by Crippen LogP contribution is -2.05. The largest absolute Gasteiger partial charge is 0.396 e. The normalized spacial score (nSPS) is 9.36. The number of anilines is 1. The first kappa shape index (κ1) is 10.5. The first-order chi connectivity index (χ1) is 6.66. The lowest BCUT2D eigenvalue weighted by molar-refractivity contribution is 0.580. The molecule has 74 valence electrons. The number of halogens is 2. The van der Waals surface area contributed by atoms with Gasteiger partial charge < -0.3 is 11.1 Å². The van der Waals surface area contributed by atoms with E-state index in [1.807, 2.05) is 0 Å². The maximum absolute atomic E-state index is 13.2. The van der Waals surface area contributed by atoms with Gasteiger partial charge in [0.25, 0.3) is 0 Å². The Morgan fingerprint density at radius 3 is 2.79 bits per heavy atom. The van der Waals surface area contributed by atoms with Gasteiger partial charge in [-0.05, 0) is 19.2 Å². The van der Waals surface area contributed by atoms with Gasteiger partial charge in [0.2, 0.25) is 0 Å². The average Bonchev–Trinajstić information content (AvgIpc) is 2.18. The summed E-state index contributed by atoms with van der Waals surface area (Å²) in [5, 5.41) is 2.74. The molecule has 0 aliphatic carbocycles. The quantitative estimate of drug-likeness (QED) is 0.521. The molecule has 0 saturated heterocycles. The third-order valence-corrected chi connectivity index (χ3v) is 1.60. The summed E-state index contributed by atoms with van der Waals surface area (Å²) in [5.74, 6) is 3.45. The van der Waals surface area contributed by atoms with E-state index in [1.165, 1.54) is 6.07 Å². The molecule has 0 bridgehead atoms. The lowest BCUT2D eigenvalue weighted by Gasteiger charge is -1.99. The summed E-state index contributed by atoms with van der Waals surface area (Å²) in [6.45, 7) is 0.369. The van der Waals surface area contributed by atoms with E-state index in [2.05, 4.69) is 17.2 Å². The number of rotatable bonds is 1. The van der Waals surface area contributed by atoms with Gasteiger partial charge in [-0.25, -0.2) is 8.78 Å². The van der Waals surface area contributed by atoms with Crippen molar-refractivity contribution in [3.63, 3.8) is 0 Å². The van der Waals surface area contributed by atoms with Crippen molar-refractivity contribution in [2.75, 3.05) is 19.3 Å². The van der Waals surface area contributed by atoms with Crippen molar-refractivity contribution in [2.45, 2.75) is 0 Å². The summed E-state index contributed by atoms with van der Waals surface area (Å²) < 4.78 is 26.2. The van der Waals surface area contributed by atoms with Crippen LogP contribution in [0.5, 0.6) is 0 Å².